The smallest absolute Gasteiger partial charge is 0.227 e. The van der Waals surface area contributed by atoms with Crippen molar-refractivity contribution >= 4 is 23.2 Å². The summed E-state index contributed by atoms with van der Waals surface area (Å²) >= 11 is 5.66. The molecule has 1 aliphatic rings. The third-order valence-corrected chi connectivity index (χ3v) is 3.02. The van der Waals surface area contributed by atoms with Gasteiger partial charge in [-0.05, 0) is 18.1 Å². The fraction of sp³-hybridized carbons (Fsp3) is 0.364. The molecule has 2 rings (SSSR count). The molecule has 1 atom stereocenters. The van der Waals surface area contributed by atoms with Crippen LogP contribution in [-0.4, -0.2) is 18.3 Å². The molecule has 0 bridgehead atoms. The molecule has 1 aromatic rings. The first-order valence-electron chi connectivity index (χ1n) is 4.92. The quantitative estimate of drug-likeness (QED) is 0.734. The maximum absolute atomic E-state index is 13.0. The van der Waals surface area contributed by atoms with Gasteiger partial charge in [0.05, 0.1) is 0 Å². The molecule has 0 aliphatic carbocycles. The van der Waals surface area contributed by atoms with Crippen molar-refractivity contribution < 1.29 is 13.6 Å². The maximum Gasteiger partial charge on any atom is 0.227 e. The Balaban J connectivity index is 2.27. The van der Waals surface area contributed by atoms with Crippen molar-refractivity contribution in [3.05, 3.63) is 29.8 Å². The number of carbonyl (C=O) groups excluding carboxylic acids is 1. The van der Waals surface area contributed by atoms with Gasteiger partial charge < -0.3 is 4.90 Å². The Bertz CT molecular complexity index is 404. The van der Waals surface area contributed by atoms with Crippen molar-refractivity contribution in [1.82, 2.24) is 0 Å². The monoisotopic (exact) mass is 245 g/mol. The zero-order valence-electron chi connectivity index (χ0n) is 8.42. The van der Waals surface area contributed by atoms with E-state index in [-0.39, 0.29) is 17.5 Å². The van der Waals surface area contributed by atoms with Gasteiger partial charge >= 0.3 is 0 Å². The number of anilines is 1. The molecule has 1 aromatic carbocycles. The van der Waals surface area contributed by atoms with Crippen LogP contribution in [0.15, 0.2) is 18.2 Å². The molecule has 1 saturated heterocycles. The molecule has 1 heterocycles. The second-order valence-corrected chi connectivity index (χ2v) is 4.17. The Morgan fingerprint density at radius 1 is 1.31 bits per heavy atom. The van der Waals surface area contributed by atoms with Crippen molar-refractivity contribution in [2.45, 2.75) is 6.42 Å². The highest BCUT2D eigenvalue weighted by molar-refractivity contribution is 6.18. The molecule has 0 spiro atoms. The number of benzene rings is 1. The highest BCUT2D eigenvalue weighted by atomic mass is 35.5. The third-order valence-electron chi connectivity index (χ3n) is 2.58. The highest BCUT2D eigenvalue weighted by Gasteiger charge is 2.30. The topological polar surface area (TPSA) is 20.3 Å². The Kier molecular flexibility index (Phi) is 3.10. The molecule has 5 heteroatoms. The second kappa shape index (κ2) is 4.37. The summed E-state index contributed by atoms with van der Waals surface area (Å²) in [4.78, 5) is 13.0. The van der Waals surface area contributed by atoms with E-state index in [0.717, 1.165) is 18.2 Å². The van der Waals surface area contributed by atoms with Gasteiger partial charge in [-0.1, -0.05) is 0 Å². The number of hydrogen-bond acceptors (Lipinski definition) is 1. The van der Waals surface area contributed by atoms with Crippen LogP contribution in [0.25, 0.3) is 0 Å². The number of nitrogens with zero attached hydrogens (tertiary/aromatic N) is 1. The molecule has 0 aromatic heterocycles. The summed E-state index contributed by atoms with van der Waals surface area (Å²) in [5.74, 6) is -1.08. The van der Waals surface area contributed by atoms with E-state index in [1.807, 2.05) is 0 Å². The Morgan fingerprint density at radius 3 is 2.44 bits per heavy atom. The SMILES string of the molecule is O=C1CC(CCl)CN1c1cc(F)cc(F)c1. The summed E-state index contributed by atoms with van der Waals surface area (Å²) in [5, 5.41) is 0. The van der Waals surface area contributed by atoms with E-state index in [0.29, 0.717) is 18.8 Å². The van der Waals surface area contributed by atoms with Crippen molar-refractivity contribution in [2.75, 3.05) is 17.3 Å². The van der Waals surface area contributed by atoms with E-state index < -0.39 is 11.6 Å². The molecule has 16 heavy (non-hydrogen) atoms. The Hall–Kier alpha value is -1.16. The minimum absolute atomic E-state index is 0.0560. The van der Waals surface area contributed by atoms with Crippen LogP contribution in [0.1, 0.15) is 6.42 Å². The Morgan fingerprint density at radius 2 is 1.94 bits per heavy atom. The summed E-state index contributed by atoms with van der Waals surface area (Å²) < 4.78 is 26.0. The largest absolute Gasteiger partial charge is 0.312 e. The summed E-state index contributed by atoms with van der Waals surface area (Å²) in [5.41, 5.74) is 0.259. The summed E-state index contributed by atoms with van der Waals surface area (Å²) in [7, 11) is 0. The highest BCUT2D eigenvalue weighted by Crippen LogP contribution is 2.26. The van der Waals surface area contributed by atoms with Gasteiger partial charge in [-0.2, -0.15) is 0 Å². The lowest BCUT2D eigenvalue weighted by Crippen LogP contribution is -2.24. The lowest BCUT2D eigenvalue weighted by atomic mass is 10.1. The second-order valence-electron chi connectivity index (χ2n) is 3.86. The first-order valence-corrected chi connectivity index (χ1v) is 5.46. The van der Waals surface area contributed by atoms with Gasteiger partial charge in [-0.3, -0.25) is 4.79 Å². The van der Waals surface area contributed by atoms with E-state index in [9.17, 15) is 13.6 Å². The van der Waals surface area contributed by atoms with Crippen molar-refractivity contribution in [3.63, 3.8) is 0 Å². The number of rotatable bonds is 2. The fourth-order valence-corrected chi connectivity index (χ4v) is 2.04. The summed E-state index contributed by atoms with van der Waals surface area (Å²) in [6.07, 6.45) is 0.335. The molecule has 0 N–H and O–H groups in total. The van der Waals surface area contributed by atoms with Crippen LogP contribution in [0.4, 0.5) is 14.5 Å². The molecule has 1 fully saturated rings. The molecule has 1 amide bonds. The molecule has 86 valence electrons. The predicted octanol–water partition coefficient (Wildman–Crippen LogP) is 2.56. The average molecular weight is 246 g/mol. The molecule has 1 unspecified atom stereocenters. The van der Waals surface area contributed by atoms with Crippen LogP contribution in [0.3, 0.4) is 0 Å². The summed E-state index contributed by atoms with van der Waals surface area (Å²) in [6.45, 7) is 0.422. The first kappa shape index (κ1) is 11.3. The van der Waals surface area contributed by atoms with Crippen molar-refractivity contribution in [2.24, 2.45) is 5.92 Å². The van der Waals surface area contributed by atoms with Gasteiger partial charge in [0.15, 0.2) is 0 Å². The zero-order valence-corrected chi connectivity index (χ0v) is 9.18. The molecule has 2 nitrogen and oxygen atoms in total. The number of hydrogen-bond donors (Lipinski definition) is 0. The normalized spacial score (nSPS) is 20.6. The van der Waals surface area contributed by atoms with E-state index in [2.05, 4.69) is 0 Å². The van der Waals surface area contributed by atoms with Gasteiger partial charge in [0.2, 0.25) is 5.91 Å². The summed E-state index contributed by atoms with van der Waals surface area (Å²) in [6, 6.07) is 3.08. The van der Waals surface area contributed by atoms with Crippen LogP contribution < -0.4 is 4.90 Å². The van der Waals surface area contributed by atoms with E-state index in [1.54, 1.807) is 0 Å². The molecular weight excluding hydrogens is 236 g/mol. The van der Waals surface area contributed by atoms with E-state index in [4.69, 9.17) is 11.6 Å². The minimum atomic E-state index is -0.683. The lowest BCUT2D eigenvalue weighted by molar-refractivity contribution is -0.117. The van der Waals surface area contributed by atoms with Crippen LogP contribution in [0.2, 0.25) is 0 Å². The van der Waals surface area contributed by atoms with Crippen LogP contribution >= 0.6 is 11.6 Å². The van der Waals surface area contributed by atoms with Crippen LogP contribution in [0, 0.1) is 17.6 Å². The van der Waals surface area contributed by atoms with E-state index >= 15 is 0 Å². The number of carbonyl (C=O) groups is 1. The predicted molar refractivity (Wildman–Crippen MR) is 57.5 cm³/mol. The minimum Gasteiger partial charge on any atom is -0.312 e. The zero-order chi connectivity index (χ0) is 11.7. The first-order chi connectivity index (χ1) is 7.60. The molecule has 0 radical (unpaired) electrons. The number of halogens is 3. The van der Waals surface area contributed by atoms with Crippen molar-refractivity contribution in [3.8, 4) is 0 Å². The van der Waals surface area contributed by atoms with Crippen LogP contribution in [-0.2, 0) is 4.79 Å². The van der Waals surface area contributed by atoms with Crippen LogP contribution in [0.5, 0.6) is 0 Å². The Labute approximate surface area is 96.8 Å². The van der Waals surface area contributed by atoms with Gasteiger partial charge in [0, 0.05) is 30.6 Å². The number of amides is 1. The van der Waals surface area contributed by atoms with Gasteiger partial charge in [0.25, 0.3) is 0 Å². The van der Waals surface area contributed by atoms with Gasteiger partial charge in [-0.15, -0.1) is 11.6 Å². The molecular formula is C11H10ClF2NO. The number of alkyl halides is 1. The van der Waals surface area contributed by atoms with Crippen molar-refractivity contribution in [1.29, 1.82) is 0 Å². The molecule has 0 saturated carbocycles. The lowest BCUT2D eigenvalue weighted by Gasteiger charge is -2.16. The maximum atomic E-state index is 13.0. The fourth-order valence-electron chi connectivity index (χ4n) is 1.83. The standard InChI is InChI=1S/C11H10ClF2NO/c12-5-7-1-11(16)15(6-7)10-3-8(13)2-9(14)4-10/h2-4,7H,1,5-6H2. The average Bonchev–Trinajstić information content (AvgIpc) is 2.58. The van der Waals surface area contributed by atoms with E-state index in [1.165, 1.54) is 4.90 Å². The van der Waals surface area contributed by atoms with Gasteiger partial charge in [0.1, 0.15) is 11.6 Å². The molecule has 1 aliphatic heterocycles. The third kappa shape index (κ3) is 2.16. The van der Waals surface area contributed by atoms with Gasteiger partial charge in [-0.25, -0.2) is 8.78 Å².